The average Bonchev–Trinajstić information content (AvgIpc) is 2.87. The van der Waals surface area contributed by atoms with Crippen LogP contribution in [-0.4, -0.2) is 30.0 Å². The first kappa shape index (κ1) is 23.2. The van der Waals surface area contributed by atoms with E-state index in [2.05, 4.69) is 41.5 Å². The second-order valence-electron chi connectivity index (χ2n) is 8.75. The van der Waals surface area contributed by atoms with Crippen LogP contribution < -0.4 is 20.3 Å². The van der Waals surface area contributed by atoms with Crippen molar-refractivity contribution in [2.24, 2.45) is 0 Å². The van der Waals surface area contributed by atoms with E-state index in [4.69, 9.17) is 14.5 Å². The number of aromatic nitrogens is 2. The van der Waals surface area contributed by atoms with Gasteiger partial charge in [0.2, 0.25) is 0 Å². The average molecular weight is 490 g/mol. The molecule has 0 saturated heterocycles. The van der Waals surface area contributed by atoms with Crippen molar-refractivity contribution < 1.29 is 14.3 Å². The van der Waals surface area contributed by atoms with Gasteiger partial charge in [-0.05, 0) is 43.0 Å². The Morgan fingerprint density at radius 1 is 1.03 bits per heavy atom. The van der Waals surface area contributed by atoms with Gasteiger partial charge in [-0.1, -0.05) is 47.7 Å². The first-order valence-corrected chi connectivity index (χ1v) is 12.5. The molecule has 2 heterocycles. The molecule has 0 amide bonds. The van der Waals surface area contributed by atoms with Gasteiger partial charge in [-0.3, -0.25) is 9.59 Å². The number of anilines is 1. The number of allylic oxidation sites excluding steroid dienone is 2. The number of aryl methyl sites for hydroxylation is 1. The maximum absolute atomic E-state index is 13.4. The highest BCUT2D eigenvalue weighted by atomic mass is 32.2. The molecule has 0 bridgehead atoms. The number of rotatable bonds is 6. The number of hydrogen-bond acceptors (Lipinski definition) is 7. The Kier molecular flexibility index (Phi) is 6.38. The molecule has 3 aromatic rings. The minimum atomic E-state index is -0.527. The lowest BCUT2D eigenvalue weighted by atomic mass is 9.76. The van der Waals surface area contributed by atoms with Crippen LogP contribution in [0.25, 0.3) is 0 Å². The summed E-state index contributed by atoms with van der Waals surface area (Å²) in [4.78, 5) is 34.2. The summed E-state index contributed by atoms with van der Waals surface area (Å²) in [6, 6.07) is 13.8. The zero-order valence-electron chi connectivity index (χ0n) is 19.9. The maximum atomic E-state index is 13.4. The van der Waals surface area contributed by atoms with Crippen molar-refractivity contribution in [3.05, 3.63) is 86.3 Å². The molecule has 8 heteroatoms. The molecule has 2 N–H and O–H groups in total. The van der Waals surface area contributed by atoms with Crippen LogP contribution in [0.5, 0.6) is 11.5 Å². The van der Waals surface area contributed by atoms with Crippen LogP contribution in [0.3, 0.4) is 0 Å². The van der Waals surface area contributed by atoms with Gasteiger partial charge in [-0.25, -0.2) is 4.98 Å². The maximum Gasteiger partial charge on any atom is 0.257 e. The summed E-state index contributed by atoms with van der Waals surface area (Å²) in [5, 5.41) is 3.87. The quantitative estimate of drug-likeness (QED) is 0.374. The van der Waals surface area contributed by atoms with Crippen LogP contribution in [-0.2, 0) is 10.5 Å². The Morgan fingerprint density at radius 2 is 1.80 bits per heavy atom. The number of hydrogen-bond donors (Lipinski definition) is 2. The van der Waals surface area contributed by atoms with E-state index in [1.807, 2.05) is 12.1 Å². The number of Topliss-reactive ketones (excluding diaryl/α,β-unsaturated/α-hetero) is 1. The van der Waals surface area contributed by atoms with E-state index in [0.717, 1.165) is 29.7 Å². The number of methoxy groups -OCH3 is 2. The number of ketones is 1. The SMILES string of the molecule is COc1ccc([C@H]2C3=C(CCCC3=O)Nc3nc(SCc4ccc(C)cc4)[nH]c(=O)c32)cc1OC. The molecule has 1 aromatic heterocycles. The molecular formula is C27H27N3O4S. The topological polar surface area (TPSA) is 93.3 Å². The number of ether oxygens (including phenoxy) is 2. The lowest BCUT2D eigenvalue weighted by molar-refractivity contribution is -0.116. The van der Waals surface area contributed by atoms with Gasteiger partial charge in [0.1, 0.15) is 5.82 Å². The van der Waals surface area contributed by atoms with Crippen molar-refractivity contribution in [1.29, 1.82) is 0 Å². The molecule has 7 nitrogen and oxygen atoms in total. The number of nitrogens with zero attached hydrogens (tertiary/aromatic N) is 1. The molecule has 0 spiro atoms. The van der Waals surface area contributed by atoms with E-state index < -0.39 is 5.92 Å². The third-order valence-corrected chi connectivity index (χ3v) is 7.42. The Morgan fingerprint density at radius 3 is 2.54 bits per heavy atom. The number of fused-ring (bicyclic) bond motifs is 1. The predicted molar refractivity (Wildman–Crippen MR) is 136 cm³/mol. The minimum Gasteiger partial charge on any atom is -0.493 e. The second kappa shape index (κ2) is 9.62. The molecule has 2 aromatic carbocycles. The number of benzene rings is 2. The zero-order chi connectivity index (χ0) is 24.5. The number of carbonyl (C=O) groups excluding carboxylic acids is 1. The number of thioether (sulfide) groups is 1. The van der Waals surface area contributed by atoms with E-state index in [1.165, 1.54) is 17.3 Å². The smallest absolute Gasteiger partial charge is 0.257 e. The molecular weight excluding hydrogens is 462 g/mol. The molecule has 0 radical (unpaired) electrons. The zero-order valence-corrected chi connectivity index (χ0v) is 20.8. The molecule has 5 rings (SSSR count). The van der Waals surface area contributed by atoms with E-state index in [1.54, 1.807) is 20.3 Å². The number of H-pyrrole nitrogens is 1. The number of nitrogens with one attached hydrogen (secondary N) is 2. The summed E-state index contributed by atoms with van der Waals surface area (Å²) in [6.45, 7) is 2.05. The summed E-state index contributed by atoms with van der Waals surface area (Å²) >= 11 is 1.48. The molecule has 0 saturated carbocycles. The van der Waals surface area contributed by atoms with Gasteiger partial charge < -0.3 is 19.8 Å². The van der Waals surface area contributed by atoms with Gasteiger partial charge in [0.15, 0.2) is 22.4 Å². The van der Waals surface area contributed by atoms with Gasteiger partial charge >= 0.3 is 0 Å². The Balaban J connectivity index is 1.57. The lowest BCUT2D eigenvalue weighted by Crippen LogP contribution is -2.32. The molecule has 0 unspecified atom stereocenters. The van der Waals surface area contributed by atoms with E-state index in [-0.39, 0.29) is 11.3 Å². The van der Waals surface area contributed by atoms with Crippen molar-refractivity contribution in [2.45, 2.75) is 43.0 Å². The monoisotopic (exact) mass is 489 g/mol. The van der Waals surface area contributed by atoms with Crippen molar-refractivity contribution in [1.82, 2.24) is 9.97 Å². The Labute approximate surface area is 208 Å². The summed E-state index contributed by atoms with van der Waals surface area (Å²) in [6.07, 6.45) is 1.98. The predicted octanol–water partition coefficient (Wildman–Crippen LogP) is 4.95. The normalized spacial score (nSPS) is 16.9. The van der Waals surface area contributed by atoms with Crippen LogP contribution in [0.2, 0.25) is 0 Å². The number of aromatic amines is 1. The fraction of sp³-hybridized carbons (Fsp3) is 0.296. The molecule has 180 valence electrons. The fourth-order valence-corrected chi connectivity index (χ4v) is 5.53. The van der Waals surface area contributed by atoms with Crippen LogP contribution >= 0.6 is 11.8 Å². The van der Waals surface area contributed by atoms with Gasteiger partial charge in [-0.15, -0.1) is 0 Å². The molecule has 35 heavy (non-hydrogen) atoms. The third kappa shape index (κ3) is 4.46. The summed E-state index contributed by atoms with van der Waals surface area (Å²) < 4.78 is 10.9. The van der Waals surface area contributed by atoms with Gasteiger partial charge in [0.05, 0.1) is 19.8 Å². The standard InChI is InChI=1S/C27H27N3O4S/c1-15-7-9-16(10-8-15)14-35-27-29-25-24(26(32)30-27)22(23-18(28-25)5-4-6-19(23)31)17-11-12-20(33-2)21(13-17)34-3/h7-13,22H,4-6,14H2,1-3H3,(H2,28,29,30,32)/t22-/m0/s1. The lowest BCUT2D eigenvalue weighted by Gasteiger charge is -2.33. The molecule has 0 fully saturated rings. The third-order valence-electron chi connectivity index (χ3n) is 6.47. The molecule has 1 atom stereocenters. The molecule has 1 aliphatic carbocycles. The van der Waals surface area contributed by atoms with Crippen molar-refractivity contribution in [3.63, 3.8) is 0 Å². The van der Waals surface area contributed by atoms with Crippen molar-refractivity contribution >= 4 is 23.4 Å². The first-order valence-electron chi connectivity index (χ1n) is 11.6. The summed E-state index contributed by atoms with van der Waals surface area (Å²) in [5.74, 6) is 1.86. The van der Waals surface area contributed by atoms with E-state index >= 15 is 0 Å². The van der Waals surface area contributed by atoms with Crippen LogP contribution in [0.1, 0.15) is 47.4 Å². The van der Waals surface area contributed by atoms with Gasteiger partial charge in [0, 0.05) is 29.4 Å². The second-order valence-corrected chi connectivity index (χ2v) is 9.71. The van der Waals surface area contributed by atoms with Gasteiger partial charge in [-0.2, -0.15) is 0 Å². The van der Waals surface area contributed by atoms with Crippen molar-refractivity contribution in [3.8, 4) is 11.5 Å². The first-order chi connectivity index (χ1) is 17.0. The highest BCUT2D eigenvalue weighted by Crippen LogP contribution is 2.45. The Bertz CT molecular complexity index is 1380. The van der Waals surface area contributed by atoms with Crippen LogP contribution in [0.15, 0.2) is 63.7 Å². The molecule has 2 aliphatic rings. The van der Waals surface area contributed by atoms with Gasteiger partial charge in [0.25, 0.3) is 5.56 Å². The molecule has 1 aliphatic heterocycles. The summed E-state index contributed by atoms with van der Waals surface area (Å²) in [7, 11) is 3.15. The highest BCUT2D eigenvalue weighted by molar-refractivity contribution is 7.98. The van der Waals surface area contributed by atoms with Crippen LogP contribution in [0, 0.1) is 6.92 Å². The fourth-order valence-electron chi connectivity index (χ4n) is 4.71. The van der Waals surface area contributed by atoms with Crippen molar-refractivity contribution in [2.75, 3.05) is 19.5 Å². The van der Waals surface area contributed by atoms with Crippen LogP contribution in [0.4, 0.5) is 5.82 Å². The highest BCUT2D eigenvalue weighted by Gasteiger charge is 2.38. The Hall–Kier alpha value is -3.52. The minimum absolute atomic E-state index is 0.0569. The summed E-state index contributed by atoms with van der Waals surface area (Å²) in [5.41, 5.74) is 4.84. The van der Waals surface area contributed by atoms with E-state index in [0.29, 0.717) is 45.8 Å². The number of carbonyl (C=O) groups is 1. The largest absolute Gasteiger partial charge is 0.493 e. The van der Waals surface area contributed by atoms with E-state index in [9.17, 15) is 9.59 Å².